The molecule has 1 aliphatic rings. The van der Waals surface area contributed by atoms with Crippen LogP contribution >= 0.6 is 0 Å². The number of aromatic amines is 4. The van der Waals surface area contributed by atoms with E-state index in [9.17, 15) is 0 Å². The predicted octanol–water partition coefficient (Wildman–Crippen LogP) is 2.93. The number of nitrogens with one attached hydrogen (secondary N) is 4. The Balaban J connectivity index is 0.00000206. The van der Waals surface area contributed by atoms with Crippen LogP contribution in [-0.2, 0) is 19.5 Å². The topological polar surface area (TPSA) is 63.2 Å². The van der Waals surface area contributed by atoms with Gasteiger partial charge in [-0.1, -0.05) is 36.4 Å². The van der Waals surface area contributed by atoms with Crippen molar-refractivity contribution in [2.45, 2.75) is 0 Å². The number of hydrogen-bond acceptors (Lipinski definition) is 0. The van der Waals surface area contributed by atoms with Crippen LogP contribution in [0.2, 0.25) is 0 Å². The van der Waals surface area contributed by atoms with E-state index in [0.29, 0.717) is 0 Å². The van der Waals surface area contributed by atoms with Crippen molar-refractivity contribution in [2.24, 2.45) is 0 Å². The third-order valence-electron chi connectivity index (χ3n) is 6.17. The maximum atomic E-state index is 3.68. The average molecular weight is 478 g/mol. The maximum absolute atomic E-state index is 3.68. The van der Waals surface area contributed by atoms with E-state index in [0.717, 1.165) is 44.2 Å². The van der Waals surface area contributed by atoms with Crippen LogP contribution in [0.3, 0.4) is 0 Å². The molecule has 0 radical (unpaired) electrons. The van der Waals surface area contributed by atoms with E-state index in [-0.39, 0.29) is 19.5 Å². The summed E-state index contributed by atoms with van der Waals surface area (Å²) in [7, 11) is 0. The van der Waals surface area contributed by atoms with Crippen molar-refractivity contribution in [3.8, 4) is 0 Å². The molecular formula is C28H20N4Zn. The molecule has 0 saturated carbocycles. The molecule has 4 aromatic heterocycles. The Morgan fingerprint density at radius 2 is 1.03 bits per heavy atom. The third-order valence-corrected chi connectivity index (χ3v) is 6.17. The van der Waals surface area contributed by atoms with Gasteiger partial charge in [-0.25, -0.2) is 0 Å². The van der Waals surface area contributed by atoms with Gasteiger partial charge in [-0.15, -0.1) is 0 Å². The Hall–Kier alpha value is -3.82. The molecule has 1 aliphatic heterocycles. The summed E-state index contributed by atoms with van der Waals surface area (Å²) in [5.41, 5.74) is 4.25. The van der Waals surface area contributed by atoms with Gasteiger partial charge in [-0.3, -0.25) is 0 Å². The number of rotatable bonds is 0. The van der Waals surface area contributed by atoms with Gasteiger partial charge in [-0.05, 0) is 71.5 Å². The molecule has 0 fully saturated rings. The van der Waals surface area contributed by atoms with Gasteiger partial charge in [-0.2, -0.15) is 0 Å². The third kappa shape index (κ3) is 3.42. The zero-order valence-corrected chi connectivity index (χ0v) is 20.9. The van der Waals surface area contributed by atoms with E-state index in [2.05, 4.69) is 117 Å². The van der Waals surface area contributed by atoms with Gasteiger partial charge in [0, 0.05) is 74.4 Å². The van der Waals surface area contributed by atoms with Gasteiger partial charge in [0.2, 0.25) is 0 Å². The standard InChI is InChI=1S/C28H20N4.Zn/c1-2-4-24-17(3-1)5-12-25-26-15-22-10-8-20(30-22)13-18-6-7-19(29-18)14-21-9-11-23(31-21)16-27(32-26)28(24)25;/h1-16,29-32H;. The largest absolute Gasteiger partial charge is 0.355 e. The molecule has 0 atom stereocenters. The van der Waals surface area contributed by atoms with Gasteiger partial charge in [0.15, 0.2) is 0 Å². The van der Waals surface area contributed by atoms with E-state index < -0.39 is 0 Å². The van der Waals surface area contributed by atoms with Crippen molar-refractivity contribution < 1.29 is 19.5 Å². The first-order chi connectivity index (χ1) is 15.8. The molecule has 0 unspecified atom stereocenters. The van der Waals surface area contributed by atoms with Crippen molar-refractivity contribution >= 4 is 45.8 Å². The van der Waals surface area contributed by atoms with Crippen LogP contribution < -0.4 is 21.4 Å². The minimum Gasteiger partial charge on any atom is -0.355 e. The maximum Gasteiger partial charge on any atom is 0.0492 e. The summed E-state index contributed by atoms with van der Waals surface area (Å²) in [4.78, 5) is 14.2. The molecule has 0 aliphatic carbocycles. The number of H-pyrrole nitrogens is 4. The zero-order valence-electron chi connectivity index (χ0n) is 17.9. The normalized spacial score (nSPS) is 12.4. The number of aromatic nitrogens is 4. The molecule has 4 N–H and O–H groups in total. The van der Waals surface area contributed by atoms with Crippen molar-refractivity contribution in [2.75, 3.05) is 0 Å². The Morgan fingerprint density at radius 3 is 1.73 bits per heavy atom. The van der Waals surface area contributed by atoms with Crippen molar-refractivity contribution in [3.63, 3.8) is 0 Å². The summed E-state index contributed by atoms with van der Waals surface area (Å²) in [6, 6.07) is 25.6. The van der Waals surface area contributed by atoms with Crippen LogP contribution in [0, 0.1) is 0 Å². The van der Waals surface area contributed by atoms with E-state index in [1.54, 1.807) is 0 Å². The van der Waals surface area contributed by atoms with Gasteiger partial charge in [0.05, 0.1) is 0 Å². The van der Waals surface area contributed by atoms with Crippen LogP contribution in [-0.4, -0.2) is 19.9 Å². The average Bonchev–Trinajstić information content (AvgIpc) is 3.59. The molecule has 33 heavy (non-hydrogen) atoms. The molecular weight excluding hydrogens is 458 g/mol. The molecule has 7 rings (SSSR count). The fourth-order valence-electron chi connectivity index (χ4n) is 4.72. The minimum atomic E-state index is 0. The Labute approximate surface area is 201 Å². The first-order valence-electron chi connectivity index (χ1n) is 10.8. The van der Waals surface area contributed by atoms with Crippen molar-refractivity contribution in [1.29, 1.82) is 0 Å². The zero-order chi connectivity index (χ0) is 21.1. The fourth-order valence-corrected chi connectivity index (χ4v) is 4.72. The van der Waals surface area contributed by atoms with E-state index in [1.807, 2.05) is 0 Å². The molecule has 4 nitrogen and oxygen atoms in total. The quantitative estimate of drug-likeness (QED) is 0.243. The number of fused-ring (bicyclic) bond motifs is 13. The first kappa shape index (κ1) is 19.8. The summed E-state index contributed by atoms with van der Waals surface area (Å²) in [5.74, 6) is 0. The first-order valence-corrected chi connectivity index (χ1v) is 10.8. The van der Waals surface area contributed by atoms with E-state index in [4.69, 9.17) is 0 Å². The van der Waals surface area contributed by atoms with Crippen molar-refractivity contribution in [3.05, 3.63) is 117 Å². The monoisotopic (exact) mass is 476 g/mol. The summed E-state index contributed by atoms with van der Waals surface area (Å²) < 4.78 is 0. The Kier molecular flexibility index (Phi) is 4.60. The molecule has 2 aromatic carbocycles. The van der Waals surface area contributed by atoms with Gasteiger partial charge < -0.3 is 19.9 Å². The van der Waals surface area contributed by atoms with Gasteiger partial charge >= 0.3 is 0 Å². The van der Waals surface area contributed by atoms with Crippen LogP contribution in [0.4, 0.5) is 0 Å². The molecule has 5 heterocycles. The molecule has 0 saturated heterocycles. The summed E-state index contributed by atoms with van der Waals surface area (Å²) >= 11 is 0. The Bertz CT molecular complexity index is 1890. The number of hydrogen-bond donors (Lipinski definition) is 4. The van der Waals surface area contributed by atoms with Crippen LogP contribution in [0.1, 0.15) is 22.8 Å². The number of benzene rings is 2. The molecule has 154 valence electrons. The molecule has 0 amide bonds. The molecule has 8 bridgehead atoms. The van der Waals surface area contributed by atoms with Gasteiger partial charge in [0.25, 0.3) is 0 Å². The van der Waals surface area contributed by atoms with Crippen LogP contribution in [0.25, 0.3) is 45.8 Å². The molecule has 0 spiro atoms. The second kappa shape index (κ2) is 7.65. The SMILES string of the molecule is C1=c2ccc([nH]2)=Cc2ccc([nH]2)C=c2[nH]c(c3ccc4ccccc4c23)=Cc2ccc1[nH]2.[Zn]. The molecule has 5 heteroatoms. The minimum absolute atomic E-state index is 0. The predicted molar refractivity (Wildman–Crippen MR) is 131 cm³/mol. The van der Waals surface area contributed by atoms with Crippen LogP contribution in [0.5, 0.6) is 0 Å². The van der Waals surface area contributed by atoms with Crippen molar-refractivity contribution in [1.82, 2.24) is 19.9 Å². The summed E-state index contributed by atoms with van der Waals surface area (Å²) in [6.07, 6.45) is 8.64. The van der Waals surface area contributed by atoms with Gasteiger partial charge in [0.1, 0.15) is 0 Å². The smallest absolute Gasteiger partial charge is 0.0492 e. The van der Waals surface area contributed by atoms with E-state index in [1.165, 1.54) is 21.5 Å². The van der Waals surface area contributed by atoms with Crippen LogP contribution in [0.15, 0.2) is 72.8 Å². The molecule has 6 aromatic rings. The summed E-state index contributed by atoms with van der Waals surface area (Å²) in [5, 5.41) is 9.27. The second-order valence-corrected chi connectivity index (χ2v) is 8.35. The fraction of sp³-hybridized carbons (Fsp3) is 0. The summed E-state index contributed by atoms with van der Waals surface area (Å²) in [6.45, 7) is 0. The Morgan fingerprint density at radius 1 is 0.424 bits per heavy atom. The second-order valence-electron chi connectivity index (χ2n) is 8.35. The van der Waals surface area contributed by atoms with E-state index >= 15 is 0 Å².